The zero-order valence-electron chi connectivity index (χ0n) is 10.9. The Morgan fingerprint density at radius 2 is 1.71 bits per heavy atom. The van der Waals surface area contributed by atoms with Gasteiger partial charge in [-0.25, -0.2) is 0 Å². The van der Waals surface area contributed by atoms with E-state index in [4.69, 9.17) is 0 Å². The highest BCUT2D eigenvalue weighted by atomic mass is 16.1. The molecule has 0 spiro atoms. The first kappa shape index (κ1) is 13.4. The summed E-state index contributed by atoms with van der Waals surface area (Å²) in [5.74, 6) is -0.154. The third-order valence-electron chi connectivity index (χ3n) is 2.71. The van der Waals surface area contributed by atoms with E-state index in [1.807, 2.05) is 43.3 Å². The summed E-state index contributed by atoms with van der Waals surface area (Å²) >= 11 is 0. The van der Waals surface area contributed by atoms with Crippen molar-refractivity contribution in [3.8, 4) is 0 Å². The van der Waals surface area contributed by atoms with Gasteiger partial charge in [0.05, 0.1) is 0 Å². The van der Waals surface area contributed by atoms with Crippen molar-refractivity contribution in [1.29, 1.82) is 0 Å². The predicted octanol–water partition coefficient (Wildman–Crippen LogP) is 2.55. The van der Waals surface area contributed by atoms with E-state index in [9.17, 15) is 9.59 Å². The molecule has 92 valence electrons. The maximum Gasteiger partial charge on any atom is 0.166 e. The molecule has 0 aliphatic heterocycles. The molecule has 0 N–H and O–H groups in total. The van der Waals surface area contributed by atoms with Crippen LogP contribution in [0.1, 0.15) is 30.6 Å². The van der Waals surface area contributed by atoms with Crippen LogP contribution in [0.5, 0.6) is 0 Å². The summed E-state index contributed by atoms with van der Waals surface area (Å²) in [5, 5.41) is 0. The first-order valence-corrected chi connectivity index (χ1v) is 5.73. The quantitative estimate of drug-likeness (QED) is 0.733. The van der Waals surface area contributed by atoms with Gasteiger partial charge in [-0.15, -0.1) is 0 Å². The third kappa shape index (κ3) is 3.70. The van der Waals surface area contributed by atoms with Gasteiger partial charge >= 0.3 is 0 Å². The number of rotatable bonds is 5. The fourth-order valence-corrected chi connectivity index (χ4v) is 1.73. The molecule has 0 bridgehead atoms. The Hall–Kier alpha value is -1.64. The molecule has 3 heteroatoms. The van der Waals surface area contributed by atoms with Crippen molar-refractivity contribution in [2.75, 3.05) is 19.0 Å². The fourth-order valence-electron chi connectivity index (χ4n) is 1.73. The van der Waals surface area contributed by atoms with Gasteiger partial charge < -0.3 is 9.69 Å². The number of carbonyl (C=O) groups excluding carboxylic acids is 2. The van der Waals surface area contributed by atoms with Crippen molar-refractivity contribution >= 4 is 17.3 Å². The molecule has 0 saturated carbocycles. The van der Waals surface area contributed by atoms with Crippen LogP contribution in [0.25, 0.3) is 0 Å². The van der Waals surface area contributed by atoms with Crippen LogP contribution >= 0.6 is 0 Å². The Balaban J connectivity index is 2.79. The van der Waals surface area contributed by atoms with Gasteiger partial charge in [-0.3, -0.25) is 4.79 Å². The zero-order chi connectivity index (χ0) is 13.0. The van der Waals surface area contributed by atoms with Crippen molar-refractivity contribution < 1.29 is 9.59 Å². The van der Waals surface area contributed by atoms with Gasteiger partial charge in [-0.05, 0) is 31.2 Å². The molecule has 0 radical (unpaired) electrons. The largest absolute Gasteiger partial charge is 0.378 e. The normalized spacial score (nSPS) is 12.0. The molecule has 3 nitrogen and oxygen atoms in total. The maximum absolute atomic E-state index is 12.0. The highest BCUT2D eigenvalue weighted by Crippen LogP contribution is 2.16. The number of hydrogen-bond acceptors (Lipinski definition) is 3. The highest BCUT2D eigenvalue weighted by Gasteiger charge is 2.16. The summed E-state index contributed by atoms with van der Waals surface area (Å²) < 4.78 is 0. The Kier molecular flexibility index (Phi) is 4.44. The van der Waals surface area contributed by atoms with Crippen LogP contribution in [0.3, 0.4) is 0 Å². The van der Waals surface area contributed by atoms with Gasteiger partial charge in [0, 0.05) is 37.7 Å². The number of nitrogens with zero attached hydrogens (tertiary/aromatic N) is 1. The molecule has 1 atom stereocenters. The van der Waals surface area contributed by atoms with E-state index in [-0.39, 0.29) is 17.5 Å². The Labute approximate surface area is 102 Å². The number of Topliss-reactive ketones (excluding diaryl/α,β-unsaturated/α-hetero) is 2. The van der Waals surface area contributed by atoms with Gasteiger partial charge in [0.2, 0.25) is 0 Å². The lowest BCUT2D eigenvalue weighted by molar-refractivity contribution is -0.117. The van der Waals surface area contributed by atoms with Crippen LogP contribution in [0.4, 0.5) is 5.69 Å². The maximum atomic E-state index is 12.0. The van der Waals surface area contributed by atoms with Crippen LogP contribution in [-0.4, -0.2) is 25.7 Å². The predicted molar refractivity (Wildman–Crippen MR) is 69.6 cm³/mol. The molecule has 17 heavy (non-hydrogen) atoms. The fraction of sp³-hybridized carbons (Fsp3) is 0.429. The number of ketones is 2. The minimum atomic E-state index is -0.238. The minimum Gasteiger partial charge on any atom is -0.378 e. The van der Waals surface area contributed by atoms with Crippen LogP contribution in [0.2, 0.25) is 0 Å². The first-order chi connectivity index (χ1) is 7.91. The second-order valence-electron chi connectivity index (χ2n) is 4.61. The highest BCUT2D eigenvalue weighted by molar-refractivity contribution is 5.99. The Morgan fingerprint density at radius 3 is 2.12 bits per heavy atom. The summed E-state index contributed by atoms with van der Waals surface area (Å²) in [6.45, 7) is 3.31. The number of carbonyl (C=O) groups is 2. The molecule has 1 rings (SSSR count). The van der Waals surface area contributed by atoms with Crippen molar-refractivity contribution in [1.82, 2.24) is 0 Å². The molecule has 0 saturated heterocycles. The monoisotopic (exact) mass is 233 g/mol. The smallest absolute Gasteiger partial charge is 0.166 e. The van der Waals surface area contributed by atoms with Crippen LogP contribution < -0.4 is 4.90 Å². The second kappa shape index (κ2) is 5.62. The van der Waals surface area contributed by atoms with Crippen molar-refractivity contribution in [3.63, 3.8) is 0 Å². The summed E-state index contributed by atoms with van der Waals surface area (Å²) in [6.07, 6.45) is 0.314. The molecule has 0 aromatic heterocycles. The second-order valence-corrected chi connectivity index (χ2v) is 4.61. The molecule has 0 fully saturated rings. The lowest BCUT2D eigenvalue weighted by Gasteiger charge is -2.13. The number of hydrogen-bond donors (Lipinski definition) is 0. The molecular formula is C14H19NO2. The van der Waals surface area contributed by atoms with Crippen LogP contribution in [-0.2, 0) is 4.79 Å². The van der Waals surface area contributed by atoms with E-state index >= 15 is 0 Å². The lowest BCUT2D eigenvalue weighted by Crippen LogP contribution is -2.15. The average molecular weight is 233 g/mol. The third-order valence-corrected chi connectivity index (χ3v) is 2.71. The lowest BCUT2D eigenvalue weighted by atomic mass is 9.95. The van der Waals surface area contributed by atoms with Crippen LogP contribution in [0.15, 0.2) is 24.3 Å². The first-order valence-electron chi connectivity index (χ1n) is 5.73. The van der Waals surface area contributed by atoms with Gasteiger partial charge in [-0.1, -0.05) is 6.92 Å². The Bertz CT molecular complexity index is 407. The van der Waals surface area contributed by atoms with E-state index in [0.717, 1.165) is 5.69 Å². The standard InChI is InChI=1S/C14H19NO2/c1-10(9-11(2)16)14(17)12-5-7-13(8-6-12)15(3)4/h5-8,10H,9H2,1-4H3. The molecule has 1 aromatic carbocycles. The molecule has 1 aromatic rings. The van der Waals surface area contributed by atoms with Crippen molar-refractivity contribution in [2.24, 2.45) is 5.92 Å². The van der Waals surface area contributed by atoms with E-state index < -0.39 is 0 Å². The topological polar surface area (TPSA) is 37.4 Å². The summed E-state index contributed by atoms with van der Waals surface area (Å²) in [7, 11) is 3.91. The van der Waals surface area contributed by atoms with Crippen LogP contribution in [0, 0.1) is 5.92 Å². The summed E-state index contributed by atoms with van der Waals surface area (Å²) in [4.78, 5) is 24.9. The summed E-state index contributed by atoms with van der Waals surface area (Å²) in [5.41, 5.74) is 1.73. The molecule has 0 aliphatic rings. The van der Waals surface area contributed by atoms with Gasteiger partial charge in [0.25, 0.3) is 0 Å². The molecule has 0 aliphatic carbocycles. The zero-order valence-corrected chi connectivity index (χ0v) is 10.9. The molecule has 1 unspecified atom stereocenters. The van der Waals surface area contributed by atoms with E-state index in [0.29, 0.717) is 12.0 Å². The Morgan fingerprint density at radius 1 is 1.18 bits per heavy atom. The number of anilines is 1. The van der Waals surface area contributed by atoms with Gasteiger partial charge in [-0.2, -0.15) is 0 Å². The van der Waals surface area contributed by atoms with E-state index in [1.165, 1.54) is 6.92 Å². The SMILES string of the molecule is CC(=O)CC(C)C(=O)c1ccc(N(C)C)cc1. The summed E-state index contributed by atoms with van der Waals surface area (Å²) in [6, 6.07) is 7.45. The molecule has 0 heterocycles. The molecule has 0 amide bonds. The van der Waals surface area contributed by atoms with Crippen molar-refractivity contribution in [3.05, 3.63) is 29.8 Å². The minimum absolute atomic E-state index is 0.0329. The number of benzene rings is 1. The molecular weight excluding hydrogens is 214 g/mol. The van der Waals surface area contributed by atoms with E-state index in [1.54, 1.807) is 6.92 Å². The van der Waals surface area contributed by atoms with Gasteiger partial charge in [0.1, 0.15) is 5.78 Å². The van der Waals surface area contributed by atoms with Crippen molar-refractivity contribution in [2.45, 2.75) is 20.3 Å². The average Bonchev–Trinajstić information content (AvgIpc) is 2.27. The van der Waals surface area contributed by atoms with Gasteiger partial charge in [0.15, 0.2) is 5.78 Å². The van der Waals surface area contributed by atoms with E-state index in [2.05, 4.69) is 0 Å².